The van der Waals surface area contributed by atoms with Crippen LogP contribution in [0.3, 0.4) is 0 Å². The number of rotatable bonds is 20. The Bertz CT molecular complexity index is 2340. The van der Waals surface area contributed by atoms with Gasteiger partial charge in [-0.15, -0.1) is 0 Å². The Labute approximate surface area is 365 Å². The van der Waals surface area contributed by atoms with Gasteiger partial charge in [-0.1, -0.05) is 54.7 Å². The predicted octanol–water partition coefficient (Wildman–Crippen LogP) is 3.17. The van der Waals surface area contributed by atoms with E-state index < -0.39 is 69.7 Å². The number of hydrogen-bond donors (Lipinski definition) is 6. The molecule has 2 aliphatic rings. The van der Waals surface area contributed by atoms with Crippen LogP contribution in [0.2, 0.25) is 0 Å². The summed E-state index contributed by atoms with van der Waals surface area (Å²) in [7, 11) is -7.58. The van der Waals surface area contributed by atoms with Crippen molar-refractivity contribution >= 4 is 55.6 Å². The van der Waals surface area contributed by atoms with Gasteiger partial charge in [0.25, 0.3) is 0 Å². The number of aliphatic hydroxyl groups is 4. The summed E-state index contributed by atoms with van der Waals surface area (Å²) in [6.45, 7) is 5.62. The Hall–Kier alpha value is -4.05. The van der Waals surface area contributed by atoms with Crippen LogP contribution in [0.15, 0.2) is 64.9 Å². The van der Waals surface area contributed by atoms with Crippen LogP contribution in [0.25, 0.3) is 0 Å². The van der Waals surface area contributed by atoms with Gasteiger partial charge < -0.3 is 29.9 Å². The molecular formula is C37H47F3N8O10S4. The smallest absolute Gasteiger partial charge is 0.302 e. The number of hydrogen-bond acceptors (Lipinski definition) is 16. The third-order valence-corrected chi connectivity index (χ3v) is 13.9. The first-order valence-corrected chi connectivity index (χ1v) is 23.9. The summed E-state index contributed by atoms with van der Waals surface area (Å²) in [6.07, 6.45) is -3.19. The first-order chi connectivity index (χ1) is 29.3. The van der Waals surface area contributed by atoms with Gasteiger partial charge in [0.05, 0.1) is 13.2 Å². The summed E-state index contributed by atoms with van der Waals surface area (Å²) in [5.41, 5.74) is 0.925. The number of nitrogens with zero attached hydrogens (tertiary/aromatic N) is 6. The molecule has 25 heteroatoms. The fourth-order valence-corrected chi connectivity index (χ4v) is 9.55. The number of thioether (sulfide) groups is 2. The molecule has 2 aromatic heterocycles. The number of nitrogens with one attached hydrogen (secondary N) is 2. The van der Waals surface area contributed by atoms with Crippen molar-refractivity contribution in [2.45, 2.75) is 73.4 Å². The third kappa shape index (κ3) is 14.0. The zero-order valence-corrected chi connectivity index (χ0v) is 36.9. The van der Waals surface area contributed by atoms with Crippen molar-refractivity contribution in [3.05, 3.63) is 83.2 Å². The molecule has 2 saturated heterocycles. The molecule has 0 bridgehead atoms. The molecule has 0 aliphatic carbocycles. The minimum Gasteiger partial charge on any atom is -0.472 e. The van der Waals surface area contributed by atoms with Gasteiger partial charge in [0.2, 0.25) is 11.8 Å². The van der Waals surface area contributed by atoms with Crippen LogP contribution in [0.5, 0.6) is 11.8 Å². The van der Waals surface area contributed by atoms with Gasteiger partial charge in [-0.25, -0.2) is 23.1 Å². The van der Waals surface area contributed by atoms with E-state index in [-0.39, 0.29) is 50.8 Å². The van der Waals surface area contributed by atoms with Gasteiger partial charge in [-0.2, -0.15) is 35.4 Å². The number of aromatic nitrogens is 4. The SMILES string of the molecule is CC1CN(S(=O)(=O)Nc2cc(O[C@H](C)[C@@H](O)CO)nc(SCc3ccc(F)cc3)n2)C1.C[C@@H](Oc1cc(NS(=O)(=O)N2CCC2)nc(SCc2cccc(F)c2F)n1)[C@@H](O)CO. The Balaban J connectivity index is 0.000000234. The lowest BCUT2D eigenvalue weighted by molar-refractivity contribution is 0.00598. The zero-order valence-electron chi connectivity index (χ0n) is 33.6. The fourth-order valence-electron chi connectivity index (χ4n) is 5.29. The fraction of sp³-hybridized carbons (Fsp3) is 0.459. The van der Waals surface area contributed by atoms with Crippen LogP contribution in [0, 0.1) is 23.4 Å². The maximum absolute atomic E-state index is 13.9. The van der Waals surface area contributed by atoms with Crippen molar-refractivity contribution < 1.29 is 59.9 Å². The lowest BCUT2D eigenvalue weighted by Crippen LogP contribution is -2.50. The topological polar surface area (TPSA) is 250 Å². The maximum Gasteiger partial charge on any atom is 0.302 e. The second-order valence-electron chi connectivity index (χ2n) is 14.2. The lowest BCUT2D eigenvalue weighted by atomic mass is 10.1. The number of halogens is 3. The minimum absolute atomic E-state index is 0.0137. The summed E-state index contributed by atoms with van der Waals surface area (Å²) in [5.74, 6) is -1.66. The van der Waals surface area contributed by atoms with Gasteiger partial charge in [0.15, 0.2) is 21.9 Å². The summed E-state index contributed by atoms with van der Waals surface area (Å²) < 4.78 is 109. The van der Waals surface area contributed by atoms with Crippen molar-refractivity contribution in [3.8, 4) is 11.8 Å². The maximum atomic E-state index is 13.9. The monoisotopic (exact) mass is 948 g/mol. The van der Waals surface area contributed by atoms with Gasteiger partial charge >= 0.3 is 20.4 Å². The Morgan fingerprint density at radius 1 is 0.758 bits per heavy atom. The summed E-state index contributed by atoms with van der Waals surface area (Å²) in [4.78, 5) is 16.8. The second kappa shape index (κ2) is 22.0. The number of aliphatic hydroxyl groups excluding tert-OH is 4. The van der Waals surface area contributed by atoms with Crippen LogP contribution in [0.1, 0.15) is 38.3 Å². The highest BCUT2D eigenvalue weighted by atomic mass is 32.2. The average molecular weight is 949 g/mol. The zero-order chi connectivity index (χ0) is 45.2. The molecule has 62 heavy (non-hydrogen) atoms. The van der Waals surface area contributed by atoms with Crippen molar-refractivity contribution in [1.29, 1.82) is 0 Å². The van der Waals surface area contributed by atoms with Gasteiger partial charge in [-0.05, 0) is 49.9 Å². The molecule has 0 spiro atoms. The Morgan fingerprint density at radius 2 is 1.26 bits per heavy atom. The molecule has 4 atom stereocenters. The van der Waals surface area contributed by atoms with E-state index in [0.717, 1.165) is 29.8 Å². The highest BCUT2D eigenvalue weighted by Gasteiger charge is 2.34. The first-order valence-electron chi connectivity index (χ1n) is 19.0. The average Bonchev–Trinajstić information content (AvgIpc) is 3.18. The van der Waals surface area contributed by atoms with E-state index in [0.29, 0.717) is 37.8 Å². The molecule has 0 amide bonds. The molecule has 2 fully saturated rings. The van der Waals surface area contributed by atoms with E-state index in [4.69, 9.17) is 19.7 Å². The summed E-state index contributed by atoms with van der Waals surface area (Å²) in [6, 6.07) is 12.3. The molecule has 4 heterocycles. The highest BCUT2D eigenvalue weighted by Crippen LogP contribution is 2.29. The van der Waals surface area contributed by atoms with Gasteiger partial charge in [0.1, 0.15) is 41.9 Å². The highest BCUT2D eigenvalue weighted by molar-refractivity contribution is 7.98. The van der Waals surface area contributed by atoms with Crippen molar-refractivity contribution in [2.24, 2.45) is 5.92 Å². The summed E-state index contributed by atoms with van der Waals surface area (Å²) >= 11 is 2.17. The van der Waals surface area contributed by atoms with Crippen molar-refractivity contribution in [2.75, 3.05) is 48.8 Å². The Morgan fingerprint density at radius 3 is 1.73 bits per heavy atom. The van der Waals surface area contributed by atoms with Crippen LogP contribution >= 0.6 is 23.5 Å². The molecule has 4 aromatic rings. The standard InChI is InChI=1S/C19H25FN4O5S2.C18H22F2N4O5S2/c1-12-8-24(9-12)31(27,28)23-17-7-18(29-13(2)16(26)10-25)22-19(21-17)30-11-14-3-5-15(20)6-4-14;1-11(14(26)9-25)29-16-8-15(23-31(27,28)24-6-3-7-24)21-18(22-16)30-10-12-4-2-5-13(19)17(12)20/h3-7,12-13,16,25-26H,8-11H2,1-2H3,(H,21,22,23);2,4-5,8,11,14,25-26H,3,6-7,9-10H2,1H3,(H,21,22,23)/t13-,16+;11-,14+/m11/s1. The third-order valence-electron chi connectivity index (χ3n) is 9.10. The minimum atomic E-state index is -3.81. The van der Waals surface area contributed by atoms with E-state index in [2.05, 4.69) is 29.4 Å². The van der Waals surface area contributed by atoms with Gasteiger partial charge in [-0.3, -0.25) is 9.44 Å². The van der Waals surface area contributed by atoms with E-state index in [1.165, 1.54) is 63.7 Å². The number of ether oxygens (including phenoxy) is 2. The summed E-state index contributed by atoms with van der Waals surface area (Å²) in [5, 5.41) is 37.9. The molecule has 0 radical (unpaired) electrons. The largest absolute Gasteiger partial charge is 0.472 e. The molecule has 6 N–H and O–H groups in total. The molecule has 2 aromatic carbocycles. The normalized spacial score (nSPS) is 16.7. The van der Waals surface area contributed by atoms with Crippen LogP contribution in [-0.4, -0.2) is 130 Å². The van der Waals surface area contributed by atoms with E-state index in [9.17, 15) is 40.2 Å². The van der Waals surface area contributed by atoms with E-state index in [1.54, 1.807) is 19.1 Å². The quantitative estimate of drug-likeness (QED) is 0.0550. The predicted molar refractivity (Wildman–Crippen MR) is 224 cm³/mol. The van der Waals surface area contributed by atoms with Crippen LogP contribution in [-0.2, 0) is 31.9 Å². The second-order valence-corrected chi connectivity index (χ2v) is 19.4. The molecule has 18 nitrogen and oxygen atoms in total. The molecule has 340 valence electrons. The number of anilines is 2. The van der Waals surface area contributed by atoms with E-state index >= 15 is 0 Å². The van der Waals surface area contributed by atoms with Crippen molar-refractivity contribution in [3.63, 3.8) is 0 Å². The molecular weight excluding hydrogens is 902 g/mol. The lowest BCUT2D eigenvalue weighted by Gasteiger charge is -2.35. The molecule has 0 unspecified atom stereocenters. The Kier molecular flexibility index (Phi) is 17.4. The number of benzene rings is 2. The first kappa shape index (κ1) is 49.0. The van der Waals surface area contributed by atoms with Gasteiger partial charge in [0, 0.05) is 55.4 Å². The molecule has 6 rings (SSSR count). The van der Waals surface area contributed by atoms with E-state index in [1.807, 2.05) is 6.92 Å². The van der Waals surface area contributed by atoms with Crippen LogP contribution < -0.4 is 18.9 Å². The van der Waals surface area contributed by atoms with Crippen molar-refractivity contribution in [1.82, 2.24) is 28.5 Å². The molecule has 2 aliphatic heterocycles. The van der Waals surface area contributed by atoms with Crippen LogP contribution in [0.4, 0.5) is 24.8 Å². The molecule has 0 saturated carbocycles.